The highest BCUT2D eigenvalue weighted by molar-refractivity contribution is 7.89. The molecular formula is C22H23N3O5S. The zero-order valence-electron chi connectivity index (χ0n) is 16.9. The average molecular weight is 442 g/mol. The van der Waals surface area contributed by atoms with Crippen LogP contribution in [0.2, 0.25) is 0 Å². The molecule has 1 amide bonds. The van der Waals surface area contributed by atoms with E-state index in [1.54, 1.807) is 23.1 Å². The molecule has 1 aliphatic rings. The lowest BCUT2D eigenvalue weighted by Crippen LogP contribution is -2.37. The van der Waals surface area contributed by atoms with Crippen molar-refractivity contribution in [1.82, 2.24) is 9.21 Å². The van der Waals surface area contributed by atoms with Gasteiger partial charge in [-0.15, -0.1) is 0 Å². The van der Waals surface area contributed by atoms with E-state index in [0.29, 0.717) is 35.0 Å². The van der Waals surface area contributed by atoms with Gasteiger partial charge in [0.25, 0.3) is 0 Å². The summed E-state index contributed by atoms with van der Waals surface area (Å²) in [5.74, 6) is 0. The van der Waals surface area contributed by atoms with Gasteiger partial charge in [-0.2, -0.15) is 9.04 Å². The smallest absolute Gasteiger partial charge is 0.410 e. The summed E-state index contributed by atoms with van der Waals surface area (Å²) in [4.78, 5) is 14.2. The van der Waals surface area contributed by atoms with E-state index < -0.39 is 16.1 Å². The van der Waals surface area contributed by atoms with Crippen LogP contribution in [0.15, 0.2) is 71.9 Å². The topological polar surface area (TPSA) is 93.9 Å². The third-order valence-electron chi connectivity index (χ3n) is 5.29. The molecule has 2 heterocycles. The molecule has 2 aromatic carbocycles. The first-order valence-corrected chi connectivity index (χ1v) is 11.5. The maximum atomic E-state index is 13.3. The molecule has 1 aliphatic heterocycles. The van der Waals surface area contributed by atoms with Crippen LogP contribution in [0.25, 0.3) is 10.8 Å². The number of pyridine rings is 1. The minimum atomic E-state index is -3.79. The van der Waals surface area contributed by atoms with Crippen LogP contribution >= 0.6 is 0 Å². The first-order valence-electron chi connectivity index (χ1n) is 10.0. The van der Waals surface area contributed by atoms with Crippen molar-refractivity contribution in [1.29, 1.82) is 0 Å². The Hall–Kier alpha value is -3.17. The number of nitrogens with zero attached hydrogens (tertiary/aromatic N) is 3. The number of ether oxygens (including phenoxy) is 1. The van der Waals surface area contributed by atoms with Crippen molar-refractivity contribution in [2.24, 2.45) is 0 Å². The zero-order chi connectivity index (χ0) is 21.8. The Morgan fingerprint density at radius 1 is 1.00 bits per heavy atom. The van der Waals surface area contributed by atoms with Crippen LogP contribution in [0, 0.1) is 5.21 Å². The van der Waals surface area contributed by atoms with Gasteiger partial charge < -0.3 is 14.8 Å². The quantitative estimate of drug-likeness (QED) is 0.458. The lowest BCUT2D eigenvalue weighted by molar-refractivity contribution is -0.603. The van der Waals surface area contributed by atoms with Gasteiger partial charge >= 0.3 is 6.09 Å². The predicted molar refractivity (Wildman–Crippen MR) is 114 cm³/mol. The zero-order valence-corrected chi connectivity index (χ0v) is 17.7. The molecule has 162 valence electrons. The van der Waals surface area contributed by atoms with Gasteiger partial charge in [0.15, 0.2) is 12.4 Å². The average Bonchev–Trinajstić information content (AvgIpc) is 3.04. The summed E-state index contributed by atoms with van der Waals surface area (Å²) in [6.45, 7) is 1.32. The van der Waals surface area contributed by atoms with Gasteiger partial charge in [-0.1, -0.05) is 36.4 Å². The standard InChI is InChI=1S/C22H23N3O5S/c26-22(30-17-18-6-2-1-3-7-18)23-11-5-12-25(15-14-23)31(28,29)21-9-4-8-19-16-24(27)13-10-20(19)21/h1-4,6-10,13,16H,5,11-12,14-15,17H2. The van der Waals surface area contributed by atoms with Crippen molar-refractivity contribution in [2.45, 2.75) is 17.9 Å². The summed E-state index contributed by atoms with van der Waals surface area (Å²) in [6, 6.07) is 15.8. The lowest BCUT2D eigenvalue weighted by Gasteiger charge is -2.22. The second-order valence-corrected chi connectivity index (χ2v) is 9.26. The molecule has 0 unspecified atom stereocenters. The molecule has 1 aromatic heterocycles. The molecule has 9 heteroatoms. The number of carbonyl (C=O) groups excluding carboxylic acids is 1. The number of aromatic nitrogens is 1. The molecule has 0 N–H and O–H groups in total. The first-order chi connectivity index (χ1) is 14.9. The highest BCUT2D eigenvalue weighted by Gasteiger charge is 2.30. The fourth-order valence-corrected chi connectivity index (χ4v) is 5.36. The number of carbonyl (C=O) groups is 1. The van der Waals surface area contributed by atoms with Gasteiger partial charge in [0.1, 0.15) is 6.61 Å². The minimum absolute atomic E-state index is 0.158. The lowest BCUT2D eigenvalue weighted by atomic mass is 10.2. The largest absolute Gasteiger partial charge is 0.619 e. The van der Waals surface area contributed by atoms with Crippen molar-refractivity contribution in [2.75, 3.05) is 26.2 Å². The SMILES string of the molecule is O=C(OCc1ccccc1)N1CCCN(S(=O)(=O)c2cccc3c[n+]([O-])ccc23)CC1. The fraction of sp³-hybridized carbons (Fsp3) is 0.273. The van der Waals surface area contributed by atoms with E-state index >= 15 is 0 Å². The number of amides is 1. The van der Waals surface area contributed by atoms with Crippen LogP contribution in [-0.4, -0.2) is 49.9 Å². The van der Waals surface area contributed by atoms with Crippen molar-refractivity contribution in [3.8, 4) is 0 Å². The molecule has 0 spiro atoms. The van der Waals surface area contributed by atoms with Crippen molar-refractivity contribution in [3.05, 3.63) is 77.8 Å². The number of sulfonamides is 1. The van der Waals surface area contributed by atoms with E-state index in [0.717, 1.165) is 5.56 Å². The number of hydrogen-bond acceptors (Lipinski definition) is 5. The third kappa shape index (κ3) is 4.62. The van der Waals surface area contributed by atoms with Gasteiger partial charge in [0.05, 0.1) is 4.90 Å². The number of rotatable bonds is 4. The molecule has 0 saturated carbocycles. The summed E-state index contributed by atoms with van der Waals surface area (Å²) < 4.78 is 34.1. The van der Waals surface area contributed by atoms with Gasteiger partial charge in [-0.3, -0.25) is 0 Å². The van der Waals surface area contributed by atoms with Crippen LogP contribution in [-0.2, 0) is 21.4 Å². The highest BCUT2D eigenvalue weighted by atomic mass is 32.2. The van der Waals surface area contributed by atoms with E-state index in [-0.39, 0.29) is 24.6 Å². The molecular weight excluding hydrogens is 418 g/mol. The first kappa shape index (κ1) is 21.1. The van der Waals surface area contributed by atoms with E-state index in [1.807, 2.05) is 30.3 Å². The molecule has 3 aromatic rings. The number of benzene rings is 2. The van der Waals surface area contributed by atoms with Crippen LogP contribution in [0.5, 0.6) is 0 Å². The Kier molecular flexibility index (Phi) is 6.06. The summed E-state index contributed by atoms with van der Waals surface area (Å²) in [5, 5.41) is 12.6. The molecule has 0 aliphatic carbocycles. The normalized spacial score (nSPS) is 15.5. The second kappa shape index (κ2) is 8.91. The number of hydrogen-bond donors (Lipinski definition) is 0. The Morgan fingerprint density at radius 2 is 1.81 bits per heavy atom. The van der Waals surface area contributed by atoms with Crippen molar-refractivity contribution < 1.29 is 22.7 Å². The number of fused-ring (bicyclic) bond motifs is 1. The summed E-state index contributed by atoms with van der Waals surface area (Å²) in [5.41, 5.74) is 0.894. The fourth-order valence-electron chi connectivity index (χ4n) is 3.67. The monoisotopic (exact) mass is 441 g/mol. The van der Waals surface area contributed by atoms with E-state index in [4.69, 9.17) is 4.74 Å². The van der Waals surface area contributed by atoms with Crippen molar-refractivity contribution in [3.63, 3.8) is 0 Å². The van der Waals surface area contributed by atoms with Gasteiger partial charge in [0, 0.05) is 43.0 Å². The molecule has 1 fully saturated rings. The van der Waals surface area contributed by atoms with Crippen LogP contribution in [0.3, 0.4) is 0 Å². The Labute approximate surface area is 180 Å². The van der Waals surface area contributed by atoms with E-state index in [1.165, 1.54) is 22.8 Å². The molecule has 0 atom stereocenters. The van der Waals surface area contributed by atoms with Crippen LogP contribution in [0.4, 0.5) is 4.79 Å². The second-order valence-electron chi connectivity index (χ2n) is 7.35. The van der Waals surface area contributed by atoms with Crippen molar-refractivity contribution >= 4 is 26.9 Å². The molecule has 4 rings (SSSR count). The van der Waals surface area contributed by atoms with Crippen LogP contribution in [0.1, 0.15) is 12.0 Å². The molecule has 0 bridgehead atoms. The Balaban J connectivity index is 1.46. The summed E-state index contributed by atoms with van der Waals surface area (Å²) in [7, 11) is -3.79. The summed E-state index contributed by atoms with van der Waals surface area (Å²) in [6.07, 6.45) is 2.69. The molecule has 8 nitrogen and oxygen atoms in total. The molecule has 1 saturated heterocycles. The molecule has 31 heavy (non-hydrogen) atoms. The maximum Gasteiger partial charge on any atom is 0.410 e. The predicted octanol–water partition coefficient (Wildman–Crippen LogP) is 2.51. The van der Waals surface area contributed by atoms with Gasteiger partial charge in [-0.25, -0.2) is 13.2 Å². The Bertz CT molecular complexity index is 1180. The molecule has 0 radical (unpaired) electrons. The minimum Gasteiger partial charge on any atom is -0.619 e. The maximum absolute atomic E-state index is 13.3. The van der Waals surface area contributed by atoms with Gasteiger partial charge in [-0.05, 0) is 24.1 Å². The Morgan fingerprint density at radius 3 is 2.61 bits per heavy atom. The third-order valence-corrected chi connectivity index (χ3v) is 7.25. The van der Waals surface area contributed by atoms with Gasteiger partial charge in [0.2, 0.25) is 10.0 Å². The van der Waals surface area contributed by atoms with Crippen LogP contribution < -0.4 is 4.73 Å². The van der Waals surface area contributed by atoms with E-state index in [2.05, 4.69) is 0 Å². The summed E-state index contributed by atoms with van der Waals surface area (Å²) >= 11 is 0. The highest BCUT2D eigenvalue weighted by Crippen LogP contribution is 2.25. The van der Waals surface area contributed by atoms with E-state index in [9.17, 15) is 18.4 Å².